The fourth-order valence-electron chi connectivity index (χ4n) is 3.22. The van der Waals surface area contributed by atoms with E-state index in [-0.39, 0.29) is 22.8 Å². The maximum atomic E-state index is 13.4. The van der Waals surface area contributed by atoms with Crippen LogP contribution < -0.4 is 15.2 Å². The minimum atomic E-state index is -1.14. The van der Waals surface area contributed by atoms with Gasteiger partial charge in [0.2, 0.25) is 5.78 Å². The second-order valence-corrected chi connectivity index (χ2v) is 6.43. The van der Waals surface area contributed by atoms with E-state index in [9.17, 15) is 14.4 Å². The molecule has 0 aliphatic heterocycles. The Labute approximate surface area is 171 Å². The Morgan fingerprint density at radius 3 is 2.50 bits per heavy atom. The summed E-state index contributed by atoms with van der Waals surface area (Å²) in [5.41, 5.74) is 7.79. The van der Waals surface area contributed by atoms with Gasteiger partial charge >= 0.3 is 11.9 Å². The largest absolute Gasteiger partial charge is 0.495 e. The van der Waals surface area contributed by atoms with Crippen LogP contribution in [0.2, 0.25) is 0 Å². The lowest BCUT2D eigenvalue weighted by Crippen LogP contribution is -2.11. The van der Waals surface area contributed by atoms with Gasteiger partial charge in [0.15, 0.2) is 6.61 Å². The molecule has 156 valence electrons. The summed E-state index contributed by atoms with van der Waals surface area (Å²) in [6, 6.07) is 7.71. The van der Waals surface area contributed by atoms with E-state index in [1.807, 2.05) is 0 Å². The standard InChI is InChI=1S/C21H20N2O7/c1-11-18(21(27)29-3)15-7-5-13(30-10-17(24)25)9-23(15)19(11)20(26)12-4-6-14(22)16(8-12)28-2/h4-9H,10,22H2,1-3H3,(H,24,25). The first-order valence-electron chi connectivity index (χ1n) is 8.84. The number of pyridine rings is 1. The highest BCUT2D eigenvalue weighted by Crippen LogP contribution is 2.30. The molecule has 0 amide bonds. The Morgan fingerprint density at radius 2 is 1.87 bits per heavy atom. The van der Waals surface area contributed by atoms with Crippen LogP contribution in [0.4, 0.5) is 5.69 Å². The van der Waals surface area contributed by atoms with Crippen LogP contribution in [0, 0.1) is 6.92 Å². The minimum Gasteiger partial charge on any atom is -0.495 e. The molecular formula is C21H20N2O7. The quantitative estimate of drug-likeness (QED) is 0.344. The van der Waals surface area contributed by atoms with Gasteiger partial charge in [0.25, 0.3) is 0 Å². The summed E-state index contributed by atoms with van der Waals surface area (Å²) in [6.07, 6.45) is 1.46. The van der Waals surface area contributed by atoms with E-state index in [2.05, 4.69) is 0 Å². The monoisotopic (exact) mass is 412 g/mol. The Balaban J connectivity index is 2.21. The number of esters is 1. The van der Waals surface area contributed by atoms with Gasteiger partial charge in [0.1, 0.15) is 11.5 Å². The molecular weight excluding hydrogens is 392 g/mol. The summed E-state index contributed by atoms with van der Waals surface area (Å²) >= 11 is 0. The van der Waals surface area contributed by atoms with Gasteiger partial charge in [0, 0.05) is 5.56 Å². The van der Waals surface area contributed by atoms with Crippen molar-refractivity contribution >= 4 is 28.9 Å². The molecule has 0 aliphatic rings. The summed E-state index contributed by atoms with van der Waals surface area (Å²) in [6.45, 7) is 1.09. The molecule has 3 aromatic rings. The predicted octanol–water partition coefficient (Wildman–Crippen LogP) is 2.32. The van der Waals surface area contributed by atoms with Gasteiger partial charge in [-0.2, -0.15) is 0 Å². The first-order chi connectivity index (χ1) is 14.3. The van der Waals surface area contributed by atoms with E-state index in [0.717, 1.165) is 0 Å². The molecule has 0 saturated carbocycles. The van der Waals surface area contributed by atoms with Crippen LogP contribution >= 0.6 is 0 Å². The number of hydrogen-bond acceptors (Lipinski definition) is 7. The van der Waals surface area contributed by atoms with E-state index in [1.165, 1.54) is 36.9 Å². The molecule has 0 saturated heterocycles. The third kappa shape index (κ3) is 3.64. The second kappa shape index (κ2) is 8.16. The fourth-order valence-corrected chi connectivity index (χ4v) is 3.22. The molecule has 0 unspecified atom stereocenters. The van der Waals surface area contributed by atoms with E-state index < -0.39 is 18.5 Å². The van der Waals surface area contributed by atoms with Gasteiger partial charge in [-0.05, 0) is 42.8 Å². The Kier molecular flexibility index (Phi) is 5.63. The molecule has 0 atom stereocenters. The van der Waals surface area contributed by atoms with E-state index >= 15 is 0 Å². The molecule has 0 radical (unpaired) electrons. The number of aliphatic carboxylic acids is 1. The topological polar surface area (TPSA) is 130 Å². The van der Waals surface area contributed by atoms with Crippen molar-refractivity contribution in [3.8, 4) is 11.5 Å². The fraction of sp³-hybridized carbons (Fsp3) is 0.190. The molecule has 2 heterocycles. The summed E-state index contributed by atoms with van der Waals surface area (Å²) in [5, 5.41) is 8.84. The smallest absolute Gasteiger partial charge is 0.341 e. The number of carbonyl (C=O) groups excluding carboxylic acids is 2. The van der Waals surface area contributed by atoms with Crippen molar-refractivity contribution in [1.29, 1.82) is 0 Å². The molecule has 9 nitrogen and oxygen atoms in total. The van der Waals surface area contributed by atoms with Crippen LogP contribution in [0.5, 0.6) is 11.5 Å². The highest BCUT2D eigenvalue weighted by Gasteiger charge is 2.26. The molecule has 0 fully saturated rings. The van der Waals surface area contributed by atoms with Crippen molar-refractivity contribution in [2.45, 2.75) is 6.92 Å². The van der Waals surface area contributed by atoms with E-state index in [4.69, 9.17) is 25.1 Å². The number of aromatic nitrogens is 1. The molecule has 3 rings (SSSR count). The van der Waals surface area contributed by atoms with Crippen molar-refractivity contribution in [1.82, 2.24) is 4.40 Å². The number of methoxy groups -OCH3 is 2. The SMILES string of the molecule is COC(=O)c1c(C)c(C(=O)c2ccc(N)c(OC)c2)n2cc(OCC(=O)O)ccc12. The number of ketones is 1. The number of carboxylic acids is 1. The van der Waals surface area contributed by atoms with Crippen LogP contribution in [0.1, 0.15) is 32.0 Å². The predicted molar refractivity (Wildman–Crippen MR) is 107 cm³/mol. The minimum absolute atomic E-state index is 0.206. The number of carboxylic acid groups (broad SMARTS) is 1. The normalized spacial score (nSPS) is 10.6. The van der Waals surface area contributed by atoms with Crippen LogP contribution in [0.3, 0.4) is 0 Å². The number of carbonyl (C=O) groups is 3. The Morgan fingerprint density at radius 1 is 1.13 bits per heavy atom. The number of ether oxygens (including phenoxy) is 3. The van der Waals surface area contributed by atoms with Crippen molar-refractivity contribution in [3.05, 3.63) is 58.9 Å². The van der Waals surface area contributed by atoms with Gasteiger partial charge in [-0.3, -0.25) is 4.79 Å². The summed E-state index contributed by atoms with van der Waals surface area (Å²) in [7, 11) is 2.70. The average molecular weight is 412 g/mol. The first-order valence-corrected chi connectivity index (χ1v) is 8.84. The molecule has 0 bridgehead atoms. The summed E-state index contributed by atoms with van der Waals surface area (Å²) in [5.74, 6) is -1.55. The summed E-state index contributed by atoms with van der Waals surface area (Å²) < 4.78 is 16.8. The maximum Gasteiger partial charge on any atom is 0.341 e. The first kappa shape index (κ1) is 20.7. The molecule has 0 spiro atoms. The number of fused-ring (bicyclic) bond motifs is 1. The van der Waals surface area contributed by atoms with Crippen molar-refractivity contribution in [2.75, 3.05) is 26.6 Å². The summed E-state index contributed by atoms with van der Waals surface area (Å²) in [4.78, 5) is 36.5. The van der Waals surface area contributed by atoms with Gasteiger partial charge in [0.05, 0.1) is 42.9 Å². The van der Waals surface area contributed by atoms with Gasteiger partial charge in [-0.1, -0.05) is 0 Å². The van der Waals surface area contributed by atoms with Gasteiger partial charge < -0.3 is 29.5 Å². The maximum absolute atomic E-state index is 13.4. The van der Waals surface area contributed by atoms with E-state index in [0.29, 0.717) is 28.1 Å². The molecule has 2 aromatic heterocycles. The molecule has 3 N–H and O–H groups in total. The average Bonchev–Trinajstić information content (AvgIpc) is 3.02. The number of nitrogen functional groups attached to an aromatic ring is 1. The molecule has 30 heavy (non-hydrogen) atoms. The van der Waals surface area contributed by atoms with Crippen molar-refractivity contribution < 1.29 is 33.7 Å². The van der Waals surface area contributed by atoms with Crippen LogP contribution in [0.15, 0.2) is 36.5 Å². The van der Waals surface area contributed by atoms with Gasteiger partial charge in [-0.15, -0.1) is 0 Å². The highest BCUT2D eigenvalue weighted by atomic mass is 16.5. The molecule has 0 aliphatic carbocycles. The number of benzene rings is 1. The van der Waals surface area contributed by atoms with E-state index in [1.54, 1.807) is 25.1 Å². The molecule has 1 aromatic carbocycles. The zero-order valence-electron chi connectivity index (χ0n) is 16.6. The highest BCUT2D eigenvalue weighted by molar-refractivity contribution is 6.13. The molecule has 9 heteroatoms. The number of rotatable bonds is 7. The number of anilines is 1. The van der Waals surface area contributed by atoms with Gasteiger partial charge in [-0.25, -0.2) is 9.59 Å². The number of hydrogen-bond donors (Lipinski definition) is 2. The lowest BCUT2D eigenvalue weighted by Gasteiger charge is -2.09. The van der Waals surface area contributed by atoms with Crippen LogP contribution in [-0.4, -0.2) is 48.1 Å². The third-order valence-corrected chi connectivity index (χ3v) is 4.61. The zero-order chi connectivity index (χ0) is 22.0. The lowest BCUT2D eigenvalue weighted by molar-refractivity contribution is -0.139. The second-order valence-electron chi connectivity index (χ2n) is 6.43. The van der Waals surface area contributed by atoms with Crippen molar-refractivity contribution in [2.24, 2.45) is 0 Å². The number of nitrogens with zero attached hydrogens (tertiary/aromatic N) is 1. The third-order valence-electron chi connectivity index (χ3n) is 4.61. The van der Waals surface area contributed by atoms with Crippen LogP contribution in [-0.2, 0) is 9.53 Å². The Hall–Kier alpha value is -4.01. The van der Waals surface area contributed by atoms with Crippen LogP contribution in [0.25, 0.3) is 5.52 Å². The Bertz CT molecular complexity index is 1160. The zero-order valence-corrected chi connectivity index (χ0v) is 16.6. The number of nitrogens with two attached hydrogens (primary N) is 1. The lowest BCUT2D eigenvalue weighted by atomic mass is 10.0. The van der Waals surface area contributed by atoms with Crippen molar-refractivity contribution in [3.63, 3.8) is 0 Å².